The molecule has 2 heterocycles. The fraction of sp³-hybridized carbons (Fsp3) is 0.444. The van der Waals surface area contributed by atoms with Crippen molar-refractivity contribution in [3.8, 4) is 5.75 Å². The number of morpholine rings is 1. The van der Waals surface area contributed by atoms with Gasteiger partial charge < -0.3 is 20.1 Å². The molecule has 0 unspecified atom stereocenters. The molecule has 0 spiro atoms. The molecule has 0 aliphatic carbocycles. The van der Waals surface area contributed by atoms with Gasteiger partial charge in [0, 0.05) is 32.4 Å². The lowest BCUT2D eigenvalue weighted by atomic mass is 10.3. The first-order valence-corrected chi connectivity index (χ1v) is 8.71. The maximum atomic E-state index is 5.63. The molecule has 25 heavy (non-hydrogen) atoms. The van der Waals surface area contributed by atoms with E-state index in [1.807, 2.05) is 37.3 Å². The molecule has 1 aliphatic heterocycles. The number of hydrogen-bond donors (Lipinski definition) is 2. The molecule has 0 amide bonds. The van der Waals surface area contributed by atoms with E-state index in [9.17, 15) is 0 Å². The Morgan fingerprint density at radius 3 is 2.88 bits per heavy atom. The Morgan fingerprint density at radius 1 is 1.20 bits per heavy atom. The second-order valence-corrected chi connectivity index (χ2v) is 5.70. The van der Waals surface area contributed by atoms with Crippen molar-refractivity contribution in [2.75, 3.05) is 56.6 Å². The predicted molar refractivity (Wildman–Crippen MR) is 98.7 cm³/mol. The van der Waals surface area contributed by atoms with Gasteiger partial charge in [0.1, 0.15) is 11.6 Å². The molecule has 1 fully saturated rings. The second kappa shape index (κ2) is 9.19. The number of para-hydroxylation sites is 2. The van der Waals surface area contributed by atoms with Crippen LogP contribution in [-0.4, -0.2) is 60.9 Å². The molecule has 7 heteroatoms. The van der Waals surface area contributed by atoms with Gasteiger partial charge in [-0.1, -0.05) is 12.1 Å². The van der Waals surface area contributed by atoms with Crippen molar-refractivity contribution in [1.29, 1.82) is 0 Å². The summed E-state index contributed by atoms with van der Waals surface area (Å²) in [5.74, 6) is 2.16. The van der Waals surface area contributed by atoms with Crippen molar-refractivity contribution >= 4 is 17.5 Å². The summed E-state index contributed by atoms with van der Waals surface area (Å²) in [6, 6.07) is 9.67. The van der Waals surface area contributed by atoms with Crippen LogP contribution in [0.2, 0.25) is 0 Å². The fourth-order valence-corrected chi connectivity index (χ4v) is 2.65. The quantitative estimate of drug-likeness (QED) is 0.762. The first kappa shape index (κ1) is 17.4. The van der Waals surface area contributed by atoms with Crippen LogP contribution in [0.4, 0.5) is 17.5 Å². The molecular formula is C18H25N5O2. The van der Waals surface area contributed by atoms with Crippen LogP contribution in [0.15, 0.2) is 36.5 Å². The Morgan fingerprint density at radius 2 is 2.04 bits per heavy atom. The lowest BCUT2D eigenvalue weighted by Gasteiger charge is -2.26. The first-order chi connectivity index (χ1) is 12.3. The van der Waals surface area contributed by atoms with Crippen molar-refractivity contribution in [3.63, 3.8) is 0 Å². The Labute approximate surface area is 148 Å². The molecule has 1 aromatic heterocycles. The van der Waals surface area contributed by atoms with Gasteiger partial charge in [0.05, 0.1) is 25.5 Å². The summed E-state index contributed by atoms with van der Waals surface area (Å²) >= 11 is 0. The molecule has 1 saturated heterocycles. The van der Waals surface area contributed by atoms with Crippen molar-refractivity contribution < 1.29 is 9.47 Å². The Kier molecular flexibility index (Phi) is 6.42. The van der Waals surface area contributed by atoms with E-state index < -0.39 is 0 Å². The summed E-state index contributed by atoms with van der Waals surface area (Å²) < 4.78 is 11.0. The standard InChI is InChI=1S/C18H25N5O2/c1-2-25-16-6-4-3-5-15(16)21-17-7-8-19-18(22-17)20-9-10-23-11-13-24-14-12-23/h3-8H,2,9-14H2,1H3,(H2,19,20,21,22). The van der Waals surface area contributed by atoms with Gasteiger partial charge in [-0.2, -0.15) is 4.98 Å². The molecule has 7 nitrogen and oxygen atoms in total. The summed E-state index contributed by atoms with van der Waals surface area (Å²) in [5.41, 5.74) is 0.891. The van der Waals surface area contributed by atoms with E-state index in [0.717, 1.165) is 56.6 Å². The molecule has 0 radical (unpaired) electrons. The van der Waals surface area contributed by atoms with Crippen molar-refractivity contribution in [2.45, 2.75) is 6.92 Å². The van der Waals surface area contributed by atoms with Crippen LogP contribution in [0, 0.1) is 0 Å². The van der Waals surface area contributed by atoms with Crippen molar-refractivity contribution in [3.05, 3.63) is 36.5 Å². The van der Waals surface area contributed by atoms with E-state index in [1.165, 1.54) is 0 Å². The van der Waals surface area contributed by atoms with Crippen LogP contribution >= 0.6 is 0 Å². The molecule has 0 saturated carbocycles. The lowest BCUT2D eigenvalue weighted by molar-refractivity contribution is 0.0398. The van der Waals surface area contributed by atoms with Gasteiger partial charge in [-0.15, -0.1) is 0 Å². The Bertz CT molecular complexity index is 661. The number of ether oxygens (including phenoxy) is 2. The molecule has 134 valence electrons. The van der Waals surface area contributed by atoms with Crippen LogP contribution < -0.4 is 15.4 Å². The van der Waals surface area contributed by atoms with Gasteiger partial charge in [-0.25, -0.2) is 4.98 Å². The van der Waals surface area contributed by atoms with E-state index >= 15 is 0 Å². The SMILES string of the molecule is CCOc1ccccc1Nc1ccnc(NCCN2CCOCC2)n1. The van der Waals surface area contributed by atoms with Crippen molar-refractivity contribution in [2.24, 2.45) is 0 Å². The first-order valence-electron chi connectivity index (χ1n) is 8.71. The number of aromatic nitrogens is 2. The minimum Gasteiger partial charge on any atom is -0.492 e. The van der Waals surface area contributed by atoms with E-state index in [-0.39, 0.29) is 0 Å². The largest absolute Gasteiger partial charge is 0.492 e. The monoisotopic (exact) mass is 343 g/mol. The number of nitrogens with zero attached hydrogens (tertiary/aromatic N) is 3. The summed E-state index contributed by atoms with van der Waals surface area (Å²) in [6.45, 7) is 7.95. The third-order valence-corrected chi connectivity index (χ3v) is 3.92. The normalized spacial score (nSPS) is 14.9. The highest BCUT2D eigenvalue weighted by Crippen LogP contribution is 2.26. The zero-order chi connectivity index (χ0) is 17.3. The van der Waals surface area contributed by atoms with Crippen LogP contribution in [0.1, 0.15) is 6.92 Å². The molecule has 1 aliphatic rings. The topological polar surface area (TPSA) is 71.5 Å². The predicted octanol–water partition coefficient (Wildman–Crippen LogP) is 2.36. The van der Waals surface area contributed by atoms with Crippen LogP contribution in [0.25, 0.3) is 0 Å². The zero-order valence-electron chi connectivity index (χ0n) is 14.6. The molecule has 0 atom stereocenters. The minimum atomic E-state index is 0.618. The average Bonchev–Trinajstić information content (AvgIpc) is 2.65. The maximum absolute atomic E-state index is 5.63. The Balaban J connectivity index is 1.56. The van der Waals surface area contributed by atoms with E-state index in [1.54, 1.807) is 6.20 Å². The van der Waals surface area contributed by atoms with Gasteiger partial charge in [-0.3, -0.25) is 4.90 Å². The molecule has 3 rings (SSSR count). The van der Waals surface area contributed by atoms with E-state index in [0.29, 0.717) is 12.6 Å². The average molecular weight is 343 g/mol. The van der Waals surface area contributed by atoms with Gasteiger partial charge in [0.15, 0.2) is 0 Å². The lowest BCUT2D eigenvalue weighted by Crippen LogP contribution is -2.39. The van der Waals surface area contributed by atoms with E-state index in [4.69, 9.17) is 9.47 Å². The molecule has 2 aromatic rings. The summed E-state index contributed by atoms with van der Waals surface area (Å²) in [5, 5.41) is 6.58. The molecule has 2 N–H and O–H groups in total. The number of anilines is 3. The molecule has 1 aromatic carbocycles. The summed E-state index contributed by atoms with van der Waals surface area (Å²) in [7, 11) is 0. The minimum absolute atomic E-state index is 0.618. The fourth-order valence-electron chi connectivity index (χ4n) is 2.65. The third kappa shape index (κ3) is 5.30. The highest BCUT2D eigenvalue weighted by molar-refractivity contribution is 5.64. The van der Waals surface area contributed by atoms with Gasteiger partial charge in [-0.05, 0) is 25.1 Å². The van der Waals surface area contributed by atoms with Gasteiger partial charge in [0.2, 0.25) is 5.95 Å². The van der Waals surface area contributed by atoms with Crippen molar-refractivity contribution in [1.82, 2.24) is 14.9 Å². The highest BCUT2D eigenvalue weighted by Gasteiger charge is 2.10. The Hall–Kier alpha value is -2.38. The molecule has 0 bridgehead atoms. The smallest absolute Gasteiger partial charge is 0.224 e. The maximum Gasteiger partial charge on any atom is 0.224 e. The number of nitrogens with one attached hydrogen (secondary N) is 2. The van der Waals surface area contributed by atoms with Crippen LogP contribution in [0.3, 0.4) is 0 Å². The summed E-state index contributed by atoms with van der Waals surface area (Å²) in [6.07, 6.45) is 1.75. The third-order valence-electron chi connectivity index (χ3n) is 3.92. The van der Waals surface area contributed by atoms with E-state index in [2.05, 4.69) is 25.5 Å². The summed E-state index contributed by atoms with van der Waals surface area (Å²) in [4.78, 5) is 11.2. The van der Waals surface area contributed by atoms with Crippen LogP contribution in [0.5, 0.6) is 5.75 Å². The number of benzene rings is 1. The molecular weight excluding hydrogens is 318 g/mol. The number of hydrogen-bond acceptors (Lipinski definition) is 7. The van der Waals surface area contributed by atoms with Gasteiger partial charge in [0.25, 0.3) is 0 Å². The highest BCUT2D eigenvalue weighted by atomic mass is 16.5. The number of rotatable bonds is 8. The second-order valence-electron chi connectivity index (χ2n) is 5.70. The zero-order valence-corrected chi connectivity index (χ0v) is 14.6. The van der Waals surface area contributed by atoms with Crippen LogP contribution in [-0.2, 0) is 4.74 Å². The van der Waals surface area contributed by atoms with Gasteiger partial charge >= 0.3 is 0 Å².